The maximum atomic E-state index is 11.9. The molecule has 1 aromatic rings. The quantitative estimate of drug-likeness (QED) is 0.678. The number of ether oxygens (including phenoxy) is 3. The fourth-order valence-electron chi connectivity index (χ4n) is 2.25. The van der Waals surface area contributed by atoms with Gasteiger partial charge in [-0.3, -0.25) is 4.79 Å². The molecular weight excluding hydrogens is 340 g/mol. The van der Waals surface area contributed by atoms with E-state index in [2.05, 4.69) is 10.6 Å². The predicted molar refractivity (Wildman–Crippen MR) is 92.4 cm³/mol. The molecule has 0 spiro atoms. The third-order valence-electron chi connectivity index (χ3n) is 3.52. The molecule has 0 atom stereocenters. The lowest BCUT2D eigenvalue weighted by molar-refractivity contribution is -0.144. The van der Waals surface area contributed by atoms with Gasteiger partial charge in [0, 0.05) is 0 Å². The molecule has 0 fully saturated rings. The van der Waals surface area contributed by atoms with Crippen molar-refractivity contribution in [2.24, 2.45) is 0 Å². The lowest BCUT2D eigenvalue weighted by atomic mass is 10.2. The number of amides is 2. The highest BCUT2D eigenvalue weighted by Gasteiger charge is 2.24. The van der Waals surface area contributed by atoms with Crippen LogP contribution in [0.15, 0.2) is 35.5 Å². The first-order chi connectivity index (χ1) is 12.5. The van der Waals surface area contributed by atoms with Crippen molar-refractivity contribution in [3.63, 3.8) is 0 Å². The Balaban J connectivity index is 1.83. The minimum atomic E-state index is -0.561. The Kier molecular flexibility index (Phi) is 7.02. The first kappa shape index (κ1) is 19.3. The Labute approximate surface area is 151 Å². The number of esters is 2. The van der Waals surface area contributed by atoms with E-state index in [9.17, 15) is 14.4 Å². The SMILES string of the molecule is CCOC(=O)C1=C(COC(=O)CCOc2cccc(C)c2)NC(=O)NC1. The van der Waals surface area contributed by atoms with Crippen molar-refractivity contribution in [1.82, 2.24) is 10.6 Å². The number of aryl methyl sites for hydroxylation is 1. The molecule has 0 saturated carbocycles. The second-order valence-electron chi connectivity index (χ2n) is 5.56. The zero-order valence-electron chi connectivity index (χ0n) is 14.8. The van der Waals surface area contributed by atoms with Crippen molar-refractivity contribution in [2.75, 3.05) is 26.4 Å². The van der Waals surface area contributed by atoms with Crippen molar-refractivity contribution in [3.8, 4) is 5.75 Å². The van der Waals surface area contributed by atoms with E-state index in [0.717, 1.165) is 5.56 Å². The fourth-order valence-corrected chi connectivity index (χ4v) is 2.25. The van der Waals surface area contributed by atoms with Crippen LogP contribution in [0.2, 0.25) is 0 Å². The van der Waals surface area contributed by atoms with E-state index >= 15 is 0 Å². The molecule has 1 aliphatic rings. The highest BCUT2D eigenvalue weighted by atomic mass is 16.5. The number of carbonyl (C=O) groups is 3. The van der Waals surface area contributed by atoms with Crippen LogP contribution < -0.4 is 15.4 Å². The summed E-state index contributed by atoms with van der Waals surface area (Å²) in [7, 11) is 0. The molecule has 0 saturated heterocycles. The van der Waals surface area contributed by atoms with Gasteiger partial charge in [0.15, 0.2) is 0 Å². The molecule has 0 unspecified atom stereocenters. The summed E-state index contributed by atoms with van der Waals surface area (Å²) in [6, 6.07) is 7.02. The lowest BCUT2D eigenvalue weighted by Gasteiger charge is -2.21. The summed E-state index contributed by atoms with van der Waals surface area (Å²) in [5.74, 6) is -0.384. The molecule has 26 heavy (non-hydrogen) atoms. The third-order valence-corrected chi connectivity index (χ3v) is 3.52. The normalized spacial score (nSPS) is 13.5. The molecule has 1 aromatic carbocycles. The van der Waals surface area contributed by atoms with Gasteiger partial charge in [-0.05, 0) is 31.5 Å². The van der Waals surface area contributed by atoms with Gasteiger partial charge in [-0.15, -0.1) is 0 Å². The molecular formula is C18H22N2O6. The smallest absolute Gasteiger partial charge is 0.337 e. The first-order valence-corrected chi connectivity index (χ1v) is 8.28. The van der Waals surface area contributed by atoms with Crippen LogP contribution in [0.1, 0.15) is 18.9 Å². The zero-order chi connectivity index (χ0) is 18.9. The lowest BCUT2D eigenvalue weighted by Crippen LogP contribution is -2.45. The summed E-state index contributed by atoms with van der Waals surface area (Å²) in [6.45, 7) is 3.81. The van der Waals surface area contributed by atoms with Crippen molar-refractivity contribution < 1.29 is 28.6 Å². The Hall–Kier alpha value is -3.03. The van der Waals surface area contributed by atoms with Gasteiger partial charge in [0.2, 0.25) is 0 Å². The zero-order valence-corrected chi connectivity index (χ0v) is 14.8. The van der Waals surface area contributed by atoms with E-state index in [1.54, 1.807) is 13.0 Å². The summed E-state index contributed by atoms with van der Waals surface area (Å²) < 4.78 is 15.5. The second-order valence-corrected chi connectivity index (χ2v) is 5.56. The molecule has 0 aliphatic carbocycles. The van der Waals surface area contributed by atoms with Crippen molar-refractivity contribution in [1.29, 1.82) is 0 Å². The standard InChI is InChI=1S/C18H22N2O6/c1-3-24-17(22)14-10-19-18(23)20-15(14)11-26-16(21)7-8-25-13-6-4-5-12(2)9-13/h4-6,9H,3,7-8,10-11H2,1-2H3,(H2,19,20,23). The minimum Gasteiger partial charge on any atom is -0.493 e. The minimum absolute atomic E-state index is 0.0218. The van der Waals surface area contributed by atoms with Gasteiger partial charge in [0.1, 0.15) is 12.4 Å². The number of carbonyl (C=O) groups excluding carboxylic acids is 3. The largest absolute Gasteiger partial charge is 0.493 e. The molecule has 0 aromatic heterocycles. The molecule has 1 heterocycles. The van der Waals surface area contributed by atoms with Crippen LogP contribution in [0.4, 0.5) is 4.79 Å². The maximum absolute atomic E-state index is 11.9. The summed E-state index contributed by atoms with van der Waals surface area (Å²) in [5.41, 5.74) is 1.51. The molecule has 0 radical (unpaired) electrons. The Morgan fingerprint density at radius 2 is 2.04 bits per heavy atom. The monoisotopic (exact) mass is 362 g/mol. The van der Waals surface area contributed by atoms with Crippen molar-refractivity contribution in [3.05, 3.63) is 41.1 Å². The van der Waals surface area contributed by atoms with E-state index in [-0.39, 0.29) is 44.1 Å². The van der Waals surface area contributed by atoms with Crippen LogP contribution in [-0.2, 0) is 19.1 Å². The van der Waals surface area contributed by atoms with Crippen LogP contribution in [0.5, 0.6) is 5.75 Å². The van der Waals surface area contributed by atoms with Crippen LogP contribution in [-0.4, -0.2) is 44.3 Å². The van der Waals surface area contributed by atoms with Crippen LogP contribution in [0, 0.1) is 6.92 Å². The Bertz CT molecular complexity index is 713. The summed E-state index contributed by atoms with van der Waals surface area (Å²) in [4.78, 5) is 35.2. The Morgan fingerprint density at radius 1 is 1.23 bits per heavy atom. The molecule has 8 nitrogen and oxygen atoms in total. The Morgan fingerprint density at radius 3 is 2.77 bits per heavy atom. The van der Waals surface area contributed by atoms with Gasteiger partial charge in [0.05, 0.1) is 37.4 Å². The highest BCUT2D eigenvalue weighted by molar-refractivity contribution is 5.93. The van der Waals surface area contributed by atoms with E-state index < -0.39 is 18.0 Å². The van der Waals surface area contributed by atoms with E-state index in [4.69, 9.17) is 14.2 Å². The first-order valence-electron chi connectivity index (χ1n) is 8.28. The van der Waals surface area contributed by atoms with Crippen LogP contribution in [0.25, 0.3) is 0 Å². The van der Waals surface area contributed by atoms with Gasteiger partial charge in [-0.2, -0.15) is 0 Å². The predicted octanol–water partition coefficient (Wildman–Crippen LogP) is 1.44. The molecule has 2 rings (SSSR count). The number of hydrogen-bond acceptors (Lipinski definition) is 6. The van der Waals surface area contributed by atoms with E-state index in [0.29, 0.717) is 5.75 Å². The highest BCUT2D eigenvalue weighted by Crippen LogP contribution is 2.13. The molecule has 1 aliphatic heterocycles. The van der Waals surface area contributed by atoms with Crippen LogP contribution in [0.3, 0.4) is 0 Å². The van der Waals surface area contributed by atoms with E-state index in [1.165, 1.54) is 0 Å². The van der Waals surface area contributed by atoms with Gasteiger partial charge < -0.3 is 24.8 Å². The van der Waals surface area contributed by atoms with Gasteiger partial charge in [0.25, 0.3) is 0 Å². The summed E-state index contributed by atoms with van der Waals surface area (Å²) >= 11 is 0. The number of rotatable bonds is 8. The number of hydrogen-bond donors (Lipinski definition) is 2. The third kappa shape index (κ3) is 5.80. The fraction of sp³-hybridized carbons (Fsp3) is 0.389. The molecule has 0 bridgehead atoms. The second kappa shape index (κ2) is 9.45. The van der Waals surface area contributed by atoms with Gasteiger partial charge in [-0.25, -0.2) is 9.59 Å². The van der Waals surface area contributed by atoms with Gasteiger partial charge in [-0.1, -0.05) is 12.1 Å². The van der Waals surface area contributed by atoms with Crippen molar-refractivity contribution in [2.45, 2.75) is 20.3 Å². The molecule has 2 amide bonds. The van der Waals surface area contributed by atoms with Gasteiger partial charge >= 0.3 is 18.0 Å². The molecule has 8 heteroatoms. The average molecular weight is 362 g/mol. The topological polar surface area (TPSA) is 103 Å². The number of benzene rings is 1. The summed E-state index contributed by atoms with van der Waals surface area (Å²) in [6.07, 6.45) is 0.0438. The van der Waals surface area contributed by atoms with Crippen molar-refractivity contribution >= 4 is 18.0 Å². The van der Waals surface area contributed by atoms with E-state index in [1.807, 2.05) is 25.1 Å². The van der Waals surface area contributed by atoms with Crippen LogP contribution >= 0.6 is 0 Å². The summed E-state index contributed by atoms with van der Waals surface area (Å²) in [5, 5.41) is 4.95. The molecule has 140 valence electrons. The number of urea groups is 1. The average Bonchev–Trinajstić information content (AvgIpc) is 2.60. The maximum Gasteiger partial charge on any atom is 0.337 e. The molecule has 2 N–H and O–H groups in total. The number of nitrogens with one attached hydrogen (secondary N) is 2.